The molecule has 0 aliphatic heterocycles. The number of hydrogen-bond donors (Lipinski definition) is 1. The summed E-state index contributed by atoms with van der Waals surface area (Å²) in [7, 11) is 1.65. The van der Waals surface area contributed by atoms with Crippen LogP contribution in [0.25, 0.3) is 0 Å². The first kappa shape index (κ1) is 13.3. The fraction of sp³-hybridized carbons (Fsp3) is 0.286. The van der Waals surface area contributed by atoms with E-state index in [1.807, 2.05) is 24.3 Å². The molecule has 2 aromatic rings. The van der Waals surface area contributed by atoms with Crippen LogP contribution in [-0.2, 0) is 13.0 Å². The molecule has 0 aliphatic rings. The number of ether oxygens (including phenoxy) is 1. The average molecular weight is 259 g/mol. The van der Waals surface area contributed by atoms with Gasteiger partial charge in [-0.15, -0.1) is 6.58 Å². The van der Waals surface area contributed by atoms with Crippen molar-refractivity contribution in [3.63, 3.8) is 0 Å². The summed E-state index contributed by atoms with van der Waals surface area (Å²) in [4.78, 5) is 4.32. The van der Waals surface area contributed by atoms with Crippen molar-refractivity contribution in [2.24, 2.45) is 0 Å². The lowest BCUT2D eigenvalue weighted by atomic mass is 10.1. The number of nitrogens with zero attached hydrogens (tertiary/aromatic N) is 2. The summed E-state index contributed by atoms with van der Waals surface area (Å²) in [5.41, 5.74) is 1.09. The molecule has 100 valence electrons. The molecule has 1 aromatic carbocycles. The molecular formula is C14H17N3O2. The van der Waals surface area contributed by atoms with Gasteiger partial charge in [-0.2, -0.15) is 4.98 Å². The molecule has 2 rings (SSSR count). The lowest BCUT2D eigenvalue weighted by Crippen LogP contribution is -2.12. The molecule has 0 amide bonds. The van der Waals surface area contributed by atoms with E-state index < -0.39 is 0 Å². The van der Waals surface area contributed by atoms with Crippen LogP contribution in [0, 0.1) is 0 Å². The molecule has 0 unspecified atom stereocenters. The van der Waals surface area contributed by atoms with Gasteiger partial charge in [0, 0.05) is 13.0 Å². The maximum absolute atomic E-state index is 5.18. The molecule has 1 N–H and O–H groups in total. The van der Waals surface area contributed by atoms with E-state index in [-0.39, 0.29) is 0 Å². The van der Waals surface area contributed by atoms with Gasteiger partial charge in [0.1, 0.15) is 5.75 Å². The summed E-state index contributed by atoms with van der Waals surface area (Å²) in [6.07, 6.45) is 2.41. The summed E-state index contributed by atoms with van der Waals surface area (Å²) < 4.78 is 10.3. The van der Waals surface area contributed by atoms with Gasteiger partial charge in [0.15, 0.2) is 5.82 Å². The molecule has 0 radical (unpaired) electrons. The molecule has 5 nitrogen and oxygen atoms in total. The molecule has 0 bridgehead atoms. The van der Waals surface area contributed by atoms with Crippen LogP contribution in [0.3, 0.4) is 0 Å². The Kier molecular flexibility index (Phi) is 4.69. The van der Waals surface area contributed by atoms with Gasteiger partial charge in [-0.25, -0.2) is 0 Å². The van der Waals surface area contributed by atoms with Crippen LogP contribution < -0.4 is 10.1 Å². The van der Waals surface area contributed by atoms with Gasteiger partial charge in [0.05, 0.1) is 13.7 Å². The molecule has 0 spiro atoms. The van der Waals surface area contributed by atoms with Crippen molar-refractivity contribution in [1.29, 1.82) is 0 Å². The van der Waals surface area contributed by atoms with Crippen molar-refractivity contribution in [1.82, 2.24) is 15.5 Å². The second-order valence-electron chi connectivity index (χ2n) is 4.05. The number of nitrogens with one attached hydrogen (secondary N) is 1. The van der Waals surface area contributed by atoms with Crippen LogP contribution in [0.2, 0.25) is 0 Å². The first-order chi connectivity index (χ1) is 9.31. The summed E-state index contributed by atoms with van der Waals surface area (Å²) >= 11 is 0. The van der Waals surface area contributed by atoms with E-state index in [4.69, 9.17) is 9.26 Å². The monoisotopic (exact) mass is 259 g/mol. The van der Waals surface area contributed by atoms with Crippen LogP contribution >= 0.6 is 0 Å². The van der Waals surface area contributed by atoms with Crippen molar-refractivity contribution >= 4 is 0 Å². The Hall–Kier alpha value is -2.14. The zero-order valence-electron chi connectivity index (χ0n) is 10.9. The SMILES string of the molecule is C=CCNCc1nc(Cc2cccc(OC)c2)no1. The Balaban J connectivity index is 1.96. The third-order valence-corrected chi connectivity index (χ3v) is 2.57. The fourth-order valence-electron chi connectivity index (χ4n) is 1.68. The minimum atomic E-state index is 0.553. The maximum atomic E-state index is 5.18. The Morgan fingerprint density at radius 3 is 3.16 bits per heavy atom. The number of methoxy groups -OCH3 is 1. The first-order valence-electron chi connectivity index (χ1n) is 6.08. The topological polar surface area (TPSA) is 60.2 Å². The molecule has 1 heterocycles. The summed E-state index contributed by atoms with van der Waals surface area (Å²) in [5, 5.41) is 7.07. The highest BCUT2D eigenvalue weighted by Gasteiger charge is 2.07. The zero-order valence-corrected chi connectivity index (χ0v) is 10.9. The Morgan fingerprint density at radius 2 is 2.37 bits per heavy atom. The second kappa shape index (κ2) is 6.70. The van der Waals surface area contributed by atoms with Crippen LogP contribution in [0.1, 0.15) is 17.3 Å². The molecule has 0 saturated carbocycles. The number of hydrogen-bond acceptors (Lipinski definition) is 5. The smallest absolute Gasteiger partial charge is 0.240 e. The fourth-order valence-corrected chi connectivity index (χ4v) is 1.68. The van der Waals surface area contributed by atoms with Crippen LogP contribution in [0.4, 0.5) is 0 Å². The predicted octanol–water partition coefficient (Wildman–Crippen LogP) is 1.94. The van der Waals surface area contributed by atoms with Crippen LogP contribution in [0.15, 0.2) is 41.4 Å². The highest BCUT2D eigenvalue weighted by molar-refractivity contribution is 5.29. The third-order valence-electron chi connectivity index (χ3n) is 2.57. The number of aromatic nitrogens is 2. The number of benzene rings is 1. The average Bonchev–Trinajstić information content (AvgIpc) is 2.87. The molecule has 0 saturated heterocycles. The molecular weight excluding hydrogens is 242 g/mol. The van der Waals surface area contributed by atoms with E-state index in [0.29, 0.717) is 31.2 Å². The van der Waals surface area contributed by atoms with Gasteiger partial charge in [-0.05, 0) is 17.7 Å². The third kappa shape index (κ3) is 3.93. The second-order valence-corrected chi connectivity index (χ2v) is 4.05. The zero-order chi connectivity index (χ0) is 13.5. The standard InChI is InChI=1S/C14H17N3O2/c1-3-7-15-10-14-16-13(17-19-14)9-11-5-4-6-12(8-11)18-2/h3-6,8,15H,1,7,9-10H2,2H3. The first-order valence-corrected chi connectivity index (χ1v) is 6.08. The highest BCUT2D eigenvalue weighted by Crippen LogP contribution is 2.14. The largest absolute Gasteiger partial charge is 0.497 e. The normalized spacial score (nSPS) is 10.4. The van der Waals surface area contributed by atoms with E-state index in [1.54, 1.807) is 13.2 Å². The molecule has 1 aromatic heterocycles. The van der Waals surface area contributed by atoms with E-state index in [0.717, 1.165) is 11.3 Å². The van der Waals surface area contributed by atoms with E-state index in [9.17, 15) is 0 Å². The van der Waals surface area contributed by atoms with Crippen molar-refractivity contribution < 1.29 is 9.26 Å². The van der Waals surface area contributed by atoms with Crippen LogP contribution in [0.5, 0.6) is 5.75 Å². The lowest BCUT2D eigenvalue weighted by Gasteiger charge is -2.01. The number of rotatable bonds is 7. The summed E-state index contributed by atoms with van der Waals surface area (Å²) in [5.74, 6) is 2.08. The molecule has 5 heteroatoms. The highest BCUT2D eigenvalue weighted by atomic mass is 16.5. The van der Waals surface area contributed by atoms with Gasteiger partial charge in [-0.1, -0.05) is 23.4 Å². The van der Waals surface area contributed by atoms with E-state index >= 15 is 0 Å². The van der Waals surface area contributed by atoms with Crippen LogP contribution in [-0.4, -0.2) is 23.8 Å². The van der Waals surface area contributed by atoms with Crippen molar-refractivity contribution in [3.8, 4) is 5.75 Å². The minimum Gasteiger partial charge on any atom is -0.497 e. The minimum absolute atomic E-state index is 0.553. The van der Waals surface area contributed by atoms with E-state index in [1.165, 1.54) is 0 Å². The molecule has 19 heavy (non-hydrogen) atoms. The van der Waals surface area contributed by atoms with Crippen molar-refractivity contribution in [2.45, 2.75) is 13.0 Å². The molecule has 0 fully saturated rings. The summed E-state index contributed by atoms with van der Waals surface area (Å²) in [6.45, 7) is 4.90. The van der Waals surface area contributed by atoms with Gasteiger partial charge in [0.2, 0.25) is 5.89 Å². The quantitative estimate of drug-likeness (QED) is 0.608. The van der Waals surface area contributed by atoms with Gasteiger partial charge >= 0.3 is 0 Å². The van der Waals surface area contributed by atoms with Gasteiger partial charge in [0.25, 0.3) is 0 Å². The predicted molar refractivity (Wildman–Crippen MR) is 72.0 cm³/mol. The van der Waals surface area contributed by atoms with Crippen molar-refractivity contribution in [2.75, 3.05) is 13.7 Å². The maximum Gasteiger partial charge on any atom is 0.240 e. The van der Waals surface area contributed by atoms with Gasteiger partial charge < -0.3 is 14.6 Å². The molecule has 0 atom stereocenters. The lowest BCUT2D eigenvalue weighted by molar-refractivity contribution is 0.366. The molecule has 0 aliphatic carbocycles. The van der Waals surface area contributed by atoms with Gasteiger partial charge in [-0.3, -0.25) is 0 Å². The van der Waals surface area contributed by atoms with Crippen molar-refractivity contribution in [3.05, 3.63) is 54.2 Å². The Labute approximate surface area is 112 Å². The van der Waals surface area contributed by atoms with E-state index in [2.05, 4.69) is 22.0 Å². The summed E-state index contributed by atoms with van der Waals surface area (Å²) in [6, 6.07) is 7.83. The Bertz CT molecular complexity index is 537. The Morgan fingerprint density at radius 1 is 1.47 bits per heavy atom.